The molecular formula is C22H28ClFN4O4. The smallest absolute Gasteiger partial charge is 0.277 e. The minimum Gasteiger partial charge on any atom is -0.390 e. The third-order valence-electron chi connectivity index (χ3n) is 4.53. The predicted molar refractivity (Wildman–Crippen MR) is 122 cm³/mol. The zero-order chi connectivity index (χ0) is 24.5. The van der Waals surface area contributed by atoms with Crippen LogP contribution >= 0.6 is 11.6 Å². The number of hydrogen-bond acceptors (Lipinski definition) is 6. The van der Waals surface area contributed by atoms with E-state index in [1.807, 2.05) is 6.92 Å². The number of hydrogen-bond donors (Lipinski definition) is 3. The van der Waals surface area contributed by atoms with Crippen molar-refractivity contribution in [3.8, 4) is 0 Å². The molecule has 0 aliphatic heterocycles. The van der Waals surface area contributed by atoms with E-state index in [1.165, 1.54) is 11.0 Å². The fourth-order valence-electron chi connectivity index (χ4n) is 2.96. The van der Waals surface area contributed by atoms with Gasteiger partial charge in [0.25, 0.3) is 11.5 Å². The Morgan fingerprint density at radius 1 is 1.38 bits per heavy atom. The van der Waals surface area contributed by atoms with E-state index in [0.717, 1.165) is 11.6 Å². The topological polar surface area (TPSA) is 127 Å². The molecule has 10 heteroatoms. The first-order chi connectivity index (χ1) is 14.9. The van der Waals surface area contributed by atoms with E-state index in [1.54, 1.807) is 19.9 Å². The molecule has 1 amide bonds. The van der Waals surface area contributed by atoms with E-state index in [-0.39, 0.29) is 36.5 Å². The molecule has 3 N–H and O–H groups in total. The van der Waals surface area contributed by atoms with Crippen LogP contribution in [0.2, 0.25) is 5.15 Å². The average Bonchev–Trinajstić information content (AvgIpc) is 2.73. The van der Waals surface area contributed by atoms with E-state index >= 15 is 0 Å². The van der Waals surface area contributed by atoms with Crippen molar-refractivity contribution in [3.63, 3.8) is 0 Å². The summed E-state index contributed by atoms with van der Waals surface area (Å²) in [6.07, 6.45) is 5.09. The van der Waals surface area contributed by atoms with Gasteiger partial charge in [-0.15, -0.1) is 0 Å². The van der Waals surface area contributed by atoms with Gasteiger partial charge in [0.15, 0.2) is 17.7 Å². The highest BCUT2D eigenvalue weighted by molar-refractivity contribution is 6.35. The molecule has 0 fully saturated rings. The lowest BCUT2D eigenvalue weighted by Crippen LogP contribution is -2.39. The fraction of sp³-hybridized carbons (Fsp3) is 0.409. The molecule has 0 aliphatic rings. The molecule has 1 aromatic rings. The summed E-state index contributed by atoms with van der Waals surface area (Å²) in [7, 11) is 0. The molecule has 1 atom stereocenters. The maximum absolute atomic E-state index is 13.2. The van der Waals surface area contributed by atoms with Gasteiger partial charge in [-0.3, -0.25) is 19.8 Å². The molecule has 1 heterocycles. The van der Waals surface area contributed by atoms with Crippen LogP contribution in [0.3, 0.4) is 0 Å². The first kappa shape index (κ1) is 27.1. The van der Waals surface area contributed by atoms with Gasteiger partial charge in [-0.25, -0.2) is 9.37 Å². The molecule has 0 bridgehead atoms. The molecule has 32 heavy (non-hydrogen) atoms. The molecule has 1 aromatic heterocycles. The molecule has 0 aliphatic carbocycles. The number of aromatic amines is 1. The van der Waals surface area contributed by atoms with Gasteiger partial charge < -0.3 is 15.0 Å². The molecule has 0 spiro atoms. The fourth-order valence-corrected chi connectivity index (χ4v) is 3.17. The second kappa shape index (κ2) is 12.2. The number of carbonyl (C=O) groups excluding carboxylic acids is 2. The van der Waals surface area contributed by atoms with Crippen LogP contribution in [0, 0.1) is 5.41 Å². The SMILES string of the molecule is C=C/C(F)=C\C=C(/C)CC(C)(O)CCN(CCC)C(=O)c1nc(C(=N)C=O)c(=O)[nH]c1Cl. The molecule has 174 valence electrons. The third-order valence-corrected chi connectivity index (χ3v) is 4.80. The van der Waals surface area contributed by atoms with Crippen molar-refractivity contribution >= 4 is 29.5 Å². The quantitative estimate of drug-likeness (QED) is 0.247. The summed E-state index contributed by atoms with van der Waals surface area (Å²) in [6.45, 7) is 9.04. The highest BCUT2D eigenvalue weighted by Crippen LogP contribution is 2.22. The lowest BCUT2D eigenvalue weighted by molar-refractivity contribution is -0.102. The monoisotopic (exact) mass is 466 g/mol. The molecule has 8 nitrogen and oxygen atoms in total. The van der Waals surface area contributed by atoms with Crippen LogP contribution < -0.4 is 5.56 Å². The Morgan fingerprint density at radius 3 is 2.59 bits per heavy atom. The number of aromatic nitrogens is 2. The minimum absolute atomic E-state index is 0.146. The normalized spacial score (nSPS) is 13.9. The van der Waals surface area contributed by atoms with Crippen LogP contribution in [0.15, 0.2) is 41.0 Å². The Balaban J connectivity index is 3.06. The summed E-state index contributed by atoms with van der Waals surface area (Å²) in [5.74, 6) is -1.09. The Labute approximate surface area is 191 Å². The van der Waals surface area contributed by atoms with Gasteiger partial charge in [-0.1, -0.05) is 36.8 Å². The summed E-state index contributed by atoms with van der Waals surface area (Å²) in [5.41, 5.74) is -2.76. The molecule has 0 saturated heterocycles. The van der Waals surface area contributed by atoms with E-state index in [0.29, 0.717) is 13.0 Å². The number of H-pyrrole nitrogens is 1. The van der Waals surface area contributed by atoms with Crippen molar-refractivity contribution in [1.29, 1.82) is 5.41 Å². The highest BCUT2D eigenvalue weighted by atomic mass is 35.5. The number of carbonyl (C=O) groups is 2. The summed E-state index contributed by atoms with van der Waals surface area (Å²) >= 11 is 6.00. The van der Waals surface area contributed by atoms with Crippen LogP contribution in [-0.4, -0.2) is 56.6 Å². The van der Waals surface area contributed by atoms with Crippen molar-refractivity contribution in [1.82, 2.24) is 14.9 Å². The number of rotatable bonds is 12. The second-order valence-electron chi connectivity index (χ2n) is 7.59. The third kappa shape index (κ3) is 7.97. The largest absolute Gasteiger partial charge is 0.390 e. The van der Waals surface area contributed by atoms with Gasteiger partial charge in [0, 0.05) is 13.1 Å². The Bertz CT molecular complexity index is 998. The van der Waals surface area contributed by atoms with Crippen LogP contribution in [0.4, 0.5) is 4.39 Å². The molecule has 1 rings (SSSR count). The van der Waals surface area contributed by atoms with Crippen molar-refractivity contribution in [2.24, 2.45) is 0 Å². The summed E-state index contributed by atoms with van der Waals surface area (Å²) in [6, 6.07) is 0. The summed E-state index contributed by atoms with van der Waals surface area (Å²) < 4.78 is 13.2. The number of amides is 1. The average molecular weight is 467 g/mol. The number of nitrogens with zero attached hydrogens (tertiary/aromatic N) is 2. The van der Waals surface area contributed by atoms with E-state index < -0.39 is 34.3 Å². The van der Waals surface area contributed by atoms with Crippen LogP contribution in [0.5, 0.6) is 0 Å². The lowest BCUT2D eigenvalue weighted by Gasteiger charge is -2.29. The number of nitrogens with one attached hydrogen (secondary N) is 2. The molecule has 0 saturated carbocycles. The number of aliphatic hydroxyl groups is 1. The number of aldehydes is 1. The summed E-state index contributed by atoms with van der Waals surface area (Å²) in [5, 5.41) is 18.0. The number of allylic oxidation sites excluding steroid dienone is 4. The van der Waals surface area contributed by atoms with E-state index in [2.05, 4.69) is 16.5 Å². The van der Waals surface area contributed by atoms with E-state index in [4.69, 9.17) is 17.0 Å². The lowest BCUT2D eigenvalue weighted by atomic mass is 9.93. The molecule has 1 unspecified atom stereocenters. The van der Waals surface area contributed by atoms with Crippen LogP contribution in [-0.2, 0) is 4.79 Å². The minimum atomic E-state index is -1.18. The Kier molecular flexibility index (Phi) is 10.3. The van der Waals surface area contributed by atoms with Gasteiger partial charge in [-0.05, 0) is 45.3 Å². The maximum Gasteiger partial charge on any atom is 0.277 e. The molecule has 0 aromatic carbocycles. The van der Waals surface area contributed by atoms with Crippen molar-refractivity contribution in [2.75, 3.05) is 13.1 Å². The zero-order valence-electron chi connectivity index (χ0n) is 18.4. The van der Waals surface area contributed by atoms with Gasteiger partial charge in [0.1, 0.15) is 16.7 Å². The Hall–Kier alpha value is -2.91. The second-order valence-corrected chi connectivity index (χ2v) is 7.97. The standard InChI is InChI=1S/C22H28ClFN4O4/c1-5-10-28(11-9-22(4,32)12-14(3)7-8-15(24)6-2)21(31)18-19(23)27-20(30)17(26-18)16(25)13-29/h6-8,13,25,32H,2,5,9-12H2,1,3-4H3,(H,27,30)/b14-7+,15-8+,25-16?. The highest BCUT2D eigenvalue weighted by Gasteiger charge is 2.27. The molecular weight excluding hydrogens is 439 g/mol. The number of halogens is 2. The van der Waals surface area contributed by atoms with Crippen LogP contribution in [0.25, 0.3) is 0 Å². The predicted octanol–water partition coefficient (Wildman–Crippen LogP) is 3.36. The first-order valence-corrected chi connectivity index (χ1v) is 10.3. The Morgan fingerprint density at radius 2 is 2.03 bits per heavy atom. The van der Waals surface area contributed by atoms with Crippen molar-refractivity contribution < 1.29 is 19.1 Å². The van der Waals surface area contributed by atoms with Gasteiger partial charge in [0.2, 0.25) is 0 Å². The van der Waals surface area contributed by atoms with Crippen molar-refractivity contribution in [3.05, 3.63) is 63.1 Å². The van der Waals surface area contributed by atoms with Gasteiger partial charge in [-0.2, -0.15) is 0 Å². The summed E-state index contributed by atoms with van der Waals surface area (Å²) in [4.78, 5) is 43.3. The molecule has 0 radical (unpaired) electrons. The maximum atomic E-state index is 13.2. The first-order valence-electron chi connectivity index (χ1n) is 9.96. The van der Waals surface area contributed by atoms with Gasteiger partial charge in [0.05, 0.1) is 5.60 Å². The van der Waals surface area contributed by atoms with Crippen LogP contribution in [0.1, 0.15) is 56.2 Å². The van der Waals surface area contributed by atoms with Crippen molar-refractivity contribution in [2.45, 2.75) is 45.6 Å². The van der Waals surface area contributed by atoms with Gasteiger partial charge >= 0.3 is 0 Å². The zero-order valence-corrected chi connectivity index (χ0v) is 19.1. The van der Waals surface area contributed by atoms with E-state index in [9.17, 15) is 23.9 Å².